The first kappa shape index (κ1) is 39.9. The highest BCUT2D eigenvalue weighted by atomic mass is 35.5. The quantitative estimate of drug-likeness (QED) is 0.0387. The van der Waals surface area contributed by atoms with Gasteiger partial charge in [-0.2, -0.15) is 0 Å². The number of nitrogen functional groups attached to an aromatic ring is 1. The van der Waals surface area contributed by atoms with Crippen molar-refractivity contribution in [3.8, 4) is 0 Å². The lowest BCUT2D eigenvalue weighted by atomic mass is 10.1. The van der Waals surface area contributed by atoms with Gasteiger partial charge in [0, 0.05) is 38.9 Å². The minimum atomic E-state index is -0.105. The molecule has 0 spiro atoms. The first-order chi connectivity index (χ1) is 21.0. The third-order valence-electron chi connectivity index (χ3n) is 5.70. The van der Waals surface area contributed by atoms with Gasteiger partial charge in [-0.15, -0.1) is 12.8 Å². The monoisotopic (exact) mass is 631 g/mol. The molecule has 3 aromatic rings. The standard InChI is InChI=1S/C30H37ClN4O2.C2H6.CH4O.H3NS/c1-3-9-22-14-15-25(31)28(20-22)35-29(34-27-13-6-5-12-26(27)32)21-23-10-7-11-24(19-23)30(36)33-16-8-18-37-17-4-2;3*1-2/h5-7,10-15,19-20H,3-4,8-9,16-18,21,32H2,1-2H3,(H,33,36)(H,34,35);1-2H3;2H,1H3;2H,1H2. The van der Waals surface area contributed by atoms with E-state index in [0.717, 1.165) is 50.7 Å². The number of nitrogens with one attached hydrogen (secondary N) is 2. The number of aliphatic hydroxyl groups is 1. The number of carbonyl (C=O) groups excluding carboxylic acids is 1. The minimum Gasteiger partial charge on any atom is -0.400 e. The minimum absolute atomic E-state index is 0.105. The van der Waals surface area contributed by atoms with Crippen molar-refractivity contribution >= 4 is 53.2 Å². The largest absolute Gasteiger partial charge is 0.400 e. The number of benzene rings is 3. The number of amidine groups is 1. The van der Waals surface area contributed by atoms with Crippen LogP contribution in [0.1, 0.15) is 68.4 Å². The number of hydrogen-bond donors (Lipinski definition) is 6. The van der Waals surface area contributed by atoms with E-state index in [9.17, 15) is 4.79 Å². The molecule has 7 N–H and O–H groups in total. The van der Waals surface area contributed by atoms with Gasteiger partial charge in [-0.1, -0.05) is 76.0 Å². The Hall–Kier alpha value is -3.08. The molecule has 0 aromatic heterocycles. The molecule has 0 fully saturated rings. The zero-order chi connectivity index (χ0) is 32.5. The van der Waals surface area contributed by atoms with E-state index >= 15 is 0 Å². The molecule has 10 heteroatoms. The van der Waals surface area contributed by atoms with E-state index in [1.807, 2.05) is 74.5 Å². The van der Waals surface area contributed by atoms with Gasteiger partial charge in [-0.25, -0.2) is 4.99 Å². The van der Waals surface area contributed by atoms with Crippen LogP contribution in [0.4, 0.5) is 17.1 Å². The van der Waals surface area contributed by atoms with E-state index in [1.54, 1.807) is 0 Å². The lowest BCUT2D eigenvalue weighted by molar-refractivity contribution is 0.0941. The normalized spacial score (nSPS) is 10.2. The second-order valence-corrected chi connectivity index (χ2v) is 9.31. The number of halogens is 1. The fraction of sp³-hybridized carbons (Fsp3) is 0.394. The number of carbonyl (C=O) groups is 1. The average molecular weight is 632 g/mol. The molecule has 0 radical (unpaired) electrons. The Kier molecular flexibility index (Phi) is 23.6. The molecule has 0 unspecified atom stereocenters. The zero-order valence-corrected chi connectivity index (χ0v) is 27.8. The third kappa shape index (κ3) is 15.8. The fourth-order valence-corrected chi connectivity index (χ4v) is 4.02. The first-order valence-corrected chi connectivity index (χ1v) is 15.5. The van der Waals surface area contributed by atoms with E-state index in [1.165, 1.54) is 5.56 Å². The Labute approximate surface area is 268 Å². The average Bonchev–Trinajstić information content (AvgIpc) is 3.04. The highest BCUT2D eigenvalue weighted by Gasteiger charge is 2.11. The molecule has 43 heavy (non-hydrogen) atoms. The highest BCUT2D eigenvalue weighted by Crippen LogP contribution is 2.26. The summed E-state index contributed by atoms with van der Waals surface area (Å²) in [6.45, 7) is 10.2. The molecule has 8 nitrogen and oxygen atoms in total. The summed E-state index contributed by atoms with van der Waals surface area (Å²) in [5.74, 6) is 0.575. The van der Waals surface area contributed by atoms with Gasteiger partial charge >= 0.3 is 0 Å². The van der Waals surface area contributed by atoms with Crippen LogP contribution in [0, 0.1) is 0 Å². The number of para-hydroxylation sites is 2. The van der Waals surface area contributed by atoms with Crippen molar-refractivity contribution < 1.29 is 14.6 Å². The Balaban J connectivity index is 0.00000276. The van der Waals surface area contributed by atoms with Crippen molar-refractivity contribution in [3.05, 3.63) is 88.4 Å². The molecule has 0 atom stereocenters. The number of rotatable bonds is 13. The molecule has 0 saturated heterocycles. The number of anilines is 2. The summed E-state index contributed by atoms with van der Waals surface area (Å²) in [5.41, 5.74) is 11.0. The van der Waals surface area contributed by atoms with Crippen molar-refractivity contribution in [2.45, 2.75) is 59.8 Å². The molecule has 0 bridgehead atoms. The lowest BCUT2D eigenvalue weighted by Gasteiger charge is -2.14. The topological polar surface area (TPSA) is 135 Å². The first-order valence-electron chi connectivity index (χ1n) is 14.6. The van der Waals surface area contributed by atoms with Gasteiger partial charge in [0.1, 0.15) is 5.84 Å². The second-order valence-electron chi connectivity index (χ2n) is 8.91. The van der Waals surface area contributed by atoms with Crippen LogP contribution >= 0.6 is 24.4 Å². The van der Waals surface area contributed by atoms with Gasteiger partial charge in [-0.05, 0) is 66.8 Å². The summed E-state index contributed by atoms with van der Waals surface area (Å²) in [6, 6.07) is 21.1. The van der Waals surface area contributed by atoms with Crippen molar-refractivity contribution in [3.63, 3.8) is 0 Å². The van der Waals surface area contributed by atoms with E-state index < -0.39 is 0 Å². The molecule has 238 valence electrons. The predicted molar refractivity (Wildman–Crippen MR) is 188 cm³/mol. The summed E-state index contributed by atoms with van der Waals surface area (Å²) < 4.78 is 5.48. The summed E-state index contributed by atoms with van der Waals surface area (Å²) >= 11 is 9.56. The SMILES string of the molecule is CC.CCCOCCCNC(=O)c1cccc(CC(=Nc2ccccc2N)Nc2cc(CCC)ccc2Cl)c1.CO.NS. The number of aliphatic imine (C=N–C) groups is 1. The molecule has 1 amide bonds. The molecule has 0 aliphatic heterocycles. The number of ether oxygens (including phenoxy) is 1. The predicted octanol–water partition coefficient (Wildman–Crippen LogP) is 7.23. The van der Waals surface area contributed by atoms with Gasteiger partial charge in [-0.3, -0.25) is 9.93 Å². The molecule has 3 rings (SSSR count). The van der Waals surface area contributed by atoms with E-state index in [2.05, 4.69) is 48.5 Å². The molecule has 0 saturated carbocycles. The van der Waals surface area contributed by atoms with Crippen LogP contribution in [0.5, 0.6) is 0 Å². The maximum Gasteiger partial charge on any atom is 0.251 e. The van der Waals surface area contributed by atoms with E-state index in [0.29, 0.717) is 47.4 Å². The summed E-state index contributed by atoms with van der Waals surface area (Å²) in [5, 5.41) is 18.2. The van der Waals surface area contributed by atoms with Crippen LogP contribution in [0.25, 0.3) is 0 Å². The summed E-state index contributed by atoms with van der Waals surface area (Å²) in [4.78, 5) is 17.5. The number of aryl methyl sites for hydroxylation is 1. The molecule has 3 aromatic carbocycles. The number of nitrogens with two attached hydrogens (primary N) is 2. The lowest BCUT2D eigenvalue weighted by Crippen LogP contribution is -2.25. The smallest absolute Gasteiger partial charge is 0.251 e. The Morgan fingerprint density at radius 3 is 2.35 bits per heavy atom. The second kappa shape index (κ2) is 25.4. The van der Waals surface area contributed by atoms with Crippen LogP contribution in [0.2, 0.25) is 5.02 Å². The third-order valence-corrected chi connectivity index (χ3v) is 6.03. The Morgan fingerprint density at radius 2 is 1.67 bits per heavy atom. The maximum absolute atomic E-state index is 12.7. The molecule has 0 aliphatic rings. The van der Waals surface area contributed by atoms with Crippen molar-refractivity contribution in [2.75, 3.05) is 37.9 Å². The maximum atomic E-state index is 12.7. The molecule has 0 aliphatic carbocycles. The van der Waals surface area contributed by atoms with Gasteiger partial charge < -0.3 is 26.2 Å². The number of nitrogens with zero attached hydrogens (tertiary/aromatic N) is 1. The van der Waals surface area contributed by atoms with Crippen LogP contribution in [-0.2, 0) is 17.6 Å². The number of hydrogen-bond acceptors (Lipinski definition) is 7. The number of thiol groups is 1. The summed E-state index contributed by atoms with van der Waals surface area (Å²) in [6.07, 6.45) is 4.25. The molecular formula is C33H50ClN5O3S. The van der Waals surface area contributed by atoms with Gasteiger partial charge in [0.15, 0.2) is 0 Å². The number of aliphatic hydroxyl groups excluding tert-OH is 1. The van der Waals surface area contributed by atoms with Crippen LogP contribution in [0.15, 0.2) is 71.7 Å². The van der Waals surface area contributed by atoms with Gasteiger partial charge in [0.25, 0.3) is 5.91 Å². The molecular weight excluding hydrogens is 582 g/mol. The van der Waals surface area contributed by atoms with Crippen LogP contribution in [0.3, 0.4) is 0 Å². The highest BCUT2D eigenvalue weighted by molar-refractivity contribution is 7.77. The van der Waals surface area contributed by atoms with Gasteiger partial charge in [0.2, 0.25) is 0 Å². The van der Waals surface area contributed by atoms with E-state index in [-0.39, 0.29) is 5.91 Å². The summed E-state index contributed by atoms with van der Waals surface area (Å²) in [7, 11) is 1.00. The number of amides is 1. The van der Waals surface area contributed by atoms with Crippen molar-refractivity contribution in [1.29, 1.82) is 0 Å². The Morgan fingerprint density at radius 1 is 0.953 bits per heavy atom. The van der Waals surface area contributed by atoms with Crippen LogP contribution in [-0.4, -0.2) is 43.7 Å². The Bertz CT molecular complexity index is 1210. The van der Waals surface area contributed by atoms with E-state index in [4.69, 9.17) is 32.2 Å². The van der Waals surface area contributed by atoms with Gasteiger partial charge in [0.05, 0.1) is 22.1 Å². The molecule has 0 heterocycles. The zero-order valence-electron chi connectivity index (χ0n) is 26.2. The fourth-order valence-electron chi connectivity index (χ4n) is 3.85. The van der Waals surface area contributed by atoms with Crippen molar-refractivity contribution in [2.24, 2.45) is 10.1 Å². The van der Waals surface area contributed by atoms with Crippen LogP contribution < -0.4 is 21.5 Å². The van der Waals surface area contributed by atoms with Crippen molar-refractivity contribution in [1.82, 2.24) is 5.32 Å².